The van der Waals surface area contributed by atoms with E-state index in [1.54, 1.807) is 24.3 Å². The average molecular weight is 440 g/mol. The van der Waals surface area contributed by atoms with E-state index in [4.69, 9.17) is 0 Å². The fourth-order valence-electron chi connectivity index (χ4n) is 3.49. The van der Waals surface area contributed by atoms with Gasteiger partial charge in [0.1, 0.15) is 0 Å². The predicted octanol–water partition coefficient (Wildman–Crippen LogP) is 2.95. The van der Waals surface area contributed by atoms with Gasteiger partial charge in [-0.25, -0.2) is 8.42 Å². The van der Waals surface area contributed by atoms with Gasteiger partial charge in [0.15, 0.2) is 0 Å². The van der Waals surface area contributed by atoms with Crippen LogP contribution >= 0.6 is 22.6 Å². The molecule has 1 saturated carbocycles. The molecule has 4 nitrogen and oxygen atoms in total. The fourth-order valence-corrected chi connectivity index (χ4v) is 4.91. The predicted molar refractivity (Wildman–Crippen MR) is 99.1 cm³/mol. The van der Waals surface area contributed by atoms with Gasteiger partial charge in [-0.15, -0.1) is 0 Å². The van der Waals surface area contributed by atoms with Crippen LogP contribution in [-0.2, 0) is 15.4 Å². The molecular formula is C17H17IN2O2S. The number of nitrogens with one attached hydrogen (secondary N) is 2. The summed E-state index contributed by atoms with van der Waals surface area (Å²) in [5.41, 5.74) is 2.21. The van der Waals surface area contributed by atoms with Crippen LogP contribution in [0.4, 0.5) is 5.69 Å². The Kier molecular flexibility index (Phi) is 3.66. The zero-order valence-electron chi connectivity index (χ0n) is 12.4. The second-order valence-corrected chi connectivity index (χ2v) is 9.25. The molecule has 1 aliphatic carbocycles. The smallest absolute Gasteiger partial charge is 0.261 e. The van der Waals surface area contributed by atoms with Crippen molar-refractivity contribution in [1.29, 1.82) is 0 Å². The number of fused-ring (bicyclic) bond motifs is 1. The minimum absolute atomic E-state index is 0.280. The lowest BCUT2D eigenvalue weighted by Gasteiger charge is -2.14. The van der Waals surface area contributed by atoms with Crippen molar-refractivity contribution in [1.82, 2.24) is 5.32 Å². The Morgan fingerprint density at radius 3 is 2.35 bits per heavy atom. The largest absolute Gasteiger partial charge is 0.316 e. The van der Waals surface area contributed by atoms with Crippen LogP contribution in [0, 0.1) is 9.49 Å². The minimum Gasteiger partial charge on any atom is -0.316 e. The molecular weight excluding hydrogens is 423 g/mol. The topological polar surface area (TPSA) is 58.2 Å². The molecule has 0 radical (unpaired) electrons. The summed E-state index contributed by atoms with van der Waals surface area (Å²) < 4.78 is 28.5. The number of hydrogen-bond acceptors (Lipinski definition) is 3. The second kappa shape index (κ2) is 5.46. The van der Waals surface area contributed by atoms with Crippen LogP contribution in [0.3, 0.4) is 0 Å². The van der Waals surface area contributed by atoms with Crippen LogP contribution < -0.4 is 10.0 Å². The van der Waals surface area contributed by atoms with E-state index in [-0.39, 0.29) is 4.90 Å². The van der Waals surface area contributed by atoms with Crippen molar-refractivity contribution in [2.24, 2.45) is 5.92 Å². The third kappa shape index (κ3) is 2.77. The van der Waals surface area contributed by atoms with Gasteiger partial charge < -0.3 is 5.32 Å². The summed E-state index contributed by atoms with van der Waals surface area (Å²) >= 11 is 2.16. The van der Waals surface area contributed by atoms with Crippen molar-refractivity contribution in [3.05, 3.63) is 57.7 Å². The van der Waals surface area contributed by atoms with Crippen LogP contribution in [0.2, 0.25) is 0 Å². The van der Waals surface area contributed by atoms with E-state index in [0.29, 0.717) is 11.1 Å². The van der Waals surface area contributed by atoms with Gasteiger partial charge in [0.05, 0.1) is 4.90 Å². The maximum absolute atomic E-state index is 12.4. The average Bonchev–Trinajstić information content (AvgIpc) is 3.09. The molecule has 2 N–H and O–H groups in total. The van der Waals surface area contributed by atoms with Gasteiger partial charge in [-0.05, 0) is 83.4 Å². The van der Waals surface area contributed by atoms with E-state index in [9.17, 15) is 8.42 Å². The van der Waals surface area contributed by atoms with Crippen molar-refractivity contribution in [2.75, 3.05) is 17.8 Å². The molecule has 0 bridgehead atoms. The van der Waals surface area contributed by atoms with Crippen LogP contribution in [-0.4, -0.2) is 21.5 Å². The fraction of sp³-hybridized carbons (Fsp3) is 0.294. The number of sulfonamides is 1. The van der Waals surface area contributed by atoms with Crippen molar-refractivity contribution in [3.8, 4) is 0 Å². The first kappa shape index (κ1) is 15.4. The zero-order chi connectivity index (χ0) is 16.1. The first-order chi connectivity index (χ1) is 11.0. The Labute approximate surface area is 149 Å². The first-order valence-corrected chi connectivity index (χ1v) is 10.2. The number of rotatable bonds is 4. The van der Waals surface area contributed by atoms with E-state index in [2.05, 4.69) is 44.8 Å². The first-order valence-electron chi connectivity index (χ1n) is 7.59. The molecule has 2 aromatic rings. The lowest BCUT2D eigenvalue weighted by atomic mass is 9.95. The standard InChI is InChI=1S/C17H17IN2O2S/c18-14-3-7-16(8-4-14)23(21,22)20-15-5-1-12(2-6-15)17-9-13(17)10-19-11-17/h1-8,13,19-20H,9-11H2. The van der Waals surface area contributed by atoms with E-state index in [1.165, 1.54) is 12.0 Å². The number of benzene rings is 2. The summed E-state index contributed by atoms with van der Waals surface area (Å²) in [4.78, 5) is 0.280. The number of halogens is 1. The summed E-state index contributed by atoms with van der Waals surface area (Å²) in [6, 6.07) is 14.7. The molecule has 0 amide bonds. The van der Waals surface area contributed by atoms with Gasteiger partial charge in [-0.1, -0.05) is 12.1 Å². The molecule has 0 spiro atoms. The molecule has 2 unspecified atom stereocenters. The van der Waals surface area contributed by atoms with Crippen molar-refractivity contribution in [3.63, 3.8) is 0 Å². The maximum atomic E-state index is 12.4. The minimum atomic E-state index is -3.53. The van der Waals surface area contributed by atoms with Gasteiger partial charge in [-0.3, -0.25) is 4.72 Å². The highest BCUT2D eigenvalue weighted by Gasteiger charge is 2.57. The van der Waals surface area contributed by atoms with Gasteiger partial charge >= 0.3 is 0 Å². The van der Waals surface area contributed by atoms with Crippen LogP contribution in [0.5, 0.6) is 0 Å². The van der Waals surface area contributed by atoms with Crippen molar-refractivity contribution in [2.45, 2.75) is 16.7 Å². The lowest BCUT2D eigenvalue weighted by molar-refractivity contribution is 0.601. The molecule has 6 heteroatoms. The highest BCUT2D eigenvalue weighted by Crippen LogP contribution is 2.56. The Morgan fingerprint density at radius 1 is 1.09 bits per heavy atom. The molecule has 2 fully saturated rings. The van der Waals surface area contributed by atoms with Crippen LogP contribution in [0.1, 0.15) is 12.0 Å². The van der Waals surface area contributed by atoms with Crippen LogP contribution in [0.15, 0.2) is 53.4 Å². The maximum Gasteiger partial charge on any atom is 0.261 e. The summed E-state index contributed by atoms with van der Waals surface area (Å²) in [7, 11) is -3.53. The Hall–Kier alpha value is -1.12. The molecule has 1 aliphatic heterocycles. The third-order valence-corrected chi connectivity index (χ3v) is 7.02. The summed E-state index contributed by atoms with van der Waals surface area (Å²) in [5.74, 6) is 0.747. The quantitative estimate of drug-likeness (QED) is 0.719. The molecule has 2 atom stereocenters. The van der Waals surface area contributed by atoms with E-state index in [0.717, 1.165) is 22.6 Å². The highest BCUT2D eigenvalue weighted by molar-refractivity contribution is 14.1. The number of hydrogen-bond donors (Lipinski definition) is 2. The van der Waals surface area contributed by atoms with Gasteiger partial charge in [0.2, 0.25) is 0 Å². The Bertz CT molecular complexity index is 834. The molecule has 1 saturated heterocycles. The molecule has 23 heavy (non-hydrogen) atoms. The molecule has 1 heterocycles. The highest BCUT2D eigenvalue weighted by atomic mass is 127. The van der Waals surface area contributed by atoms with Gasteiger partial charge in [-0.2, -0.15) is 0 Å². The molecule has 2 aromatic carbocycles. The lowest BCUT2D eigenvalue weighted by Crippen LogP contribution is -2.19. The number of piperidine rings is 1. The Balaban J connectivity index is 1.54. The van der Waals surface area contributed by atoms with E-state index >= 15 is 0 Å². The molecule has 0 aromatic heterocycles. The molecule has 2 aliphatic rings. The molecule has 4 rings (SSSR count). The normalized spacial score (nSPS) is 25.9. The van der Waals surface area contributed by atoms with E-state index < -0.39 is 10.0 Å². The molecule has 120 valence electrons. The summed E-state index contributed by atoms with van der Waals surface area (Å²) in [6.45, 7) is 2.13. The van der Waals surface area contributed by atoms with Crippen molar-refractivity contribution < 1.29 is 8.42 Å². The second-order valence-electron chi connectivity index (χ2n) is 6.32. The van der Waals surface area contributed by atoms with Gasteiger partial charge in [0, 0.05) is 21.2 Å². The summed E-state index contributed by atoms with van der Waals surface area (Å²) in [6.07, 6.45) is 1.24. The summed E-state index contributed by atoms with van der Waals surface area (Å²) in [5, 5.41) is 3.43. The number of anilines is 1. The van der Waals surface area contributed by atoms with Gasteiger partial charge in [0.25, 0.3) is 10.0 Å². The monoisotopic (exact) mass is 440 g/mol. The van der Waals surface area contributed by atoms with E-state index in [1.807, 2.05) is 12.1 Å². The SMILES string of the molecule is O=S(=O)(Nc1ccc(C23CNCC2C3)cc1)c1ccc(I)cc1. The Morgan fingerprint density at radius 2 is 1.78 bits per heavy atom. The van der Waals surface area contributed by atoms with Crippen molar-refractivity contribution >= 4 is 38.3 Å². The zero-order valence-corrected chi connectivity index (χ0v) is 15.4. The van der Waals surface area contributed by atoms with Crippen LogP contribution in [0.25, 0.3) is 0 Å². The third-order valence-electron chi connectivity index (χ3n) is 4.90.